The summed E-state index contributed by atoms with van der Waals surface area (Å²) in [7, 11) is 0. The van der Waals surface area contributed by atoms with Gasteiger partial charge in [0.2, 0.25) is 5.16 Å². The number of aromatic nitrogens is 4. The first kappa shape index (κ1) is 12.8. The molecule has 2 heterocycles. The fourth-order valence-electron chi connectivity index (χ4n) is 1.78. The van der Waals surface area contributed by atoms with Crippen LogP contribution in [0.15, 0.2) is 5.16 Å². The second-order valence-electron chi connectivity index (χ2n) is 4.11. The summed E-state index contributed by atoms with van der Waals surface area (Å²) < 4.78 is 7.34. The van der Waals surface area contributed by atoms with Gasteiger partial charge in [-0.05, 0) is 29.7 Å². The monoisotopic (exact) mass is 258 g/mol. The number of ether oxygens (including phenoxy) is 1. The first-order valence-electron chi connectivity index (χ1n) is 5.98. The van der Waals surface area contributed by atoms with E-state index in [1.54, 1.807) is 4.68 Å². The molecule has 2 unspecified atom stereocenters. The van der Waals surface area contributed by atoms with Crippen molar-refractivity contribution >= 4 is 11.8 Å². The van der Waals surface area contributed by atoms with E-state index in [1.165, 1.54) is 11.8 Å². The molecule has 1 saturated heterocycles. The summed E-state index contributed by atoms with van der Waals surface area (Å²) in [5.74, 6) is 0. The molecular weight excluding hydrogens is 240 g/mol. The van der Waals surface area contributed by atoms with Crippen molar-refractivity contribution in [2.45, 2.75) is 49.2 Å². The summed E-state index contributed by atoms with van der Waals surface area (Å²) in [6, 6.07) is 0. The lowest BCUT2D eigenvalue weighted by atomic mass is 10.2. The summed E-state index contributed by atoms with van der Waals surface area (Å²) in [6.07, 6.45) is 3.31. The highest BCUT2D eigenvalue weighted by Gasteiger charge is 2.20. The third-order valence-electron chi connectivity index (χ3n) is 2.83. The number of nitrogens with zero attached hydrogens (tertiary/aromatic N) is 4. The number of rotatable bonds is 6. The molecule has 1 N–H and O–H groups in total. The molecule has 1 aliphatic rings. The Kier molecular flexibility index (Phi) is 4.75. The van der Waals surface area contributed by atoms with E-state index in [0.717, 1.165) is 31.0 Å². The third kappa shape index (κ3) is 3.40. The smallest absolute Gasteiger partial charge is 0.209 e. The Balaban J connectivity index is 1.95. The zero-order valence-electron chi connectivity index (χ0n) is 9.95. The van der Waals surface area contributed by atoms with Crippen molar-refractivity contribution in [3.8, 4) is 0 Å². The highest BCUT2D eigenvalue weighted by Crippen LogP contribution is 2.23. The molecule has 17 heavy (non-hydrogen) atoms. The summed E-state index contributed by atoms with van der Waals surface area (Å²) in [4.78, 5) is 0. The second-order valence-corrected chi connectivity index (χ2v) is 5.38. The SMILES string of the molecule is CCC(CO)Sc1nnnn1CC1CCCO1. The second kappa shape index (κ2) is 6.32. The highest BCUT2D eigenvalue weighted by atomic mass is 32.2. The largest absolute Gasteiger partial charge is 0.395 e. The van der Waals surface area contributed by atoms with Gasteiger partial charge >= 0.3 is 0 Å². The van der Waals surface area contributed by atoms with Crippen LogP contribution in [0.2, 0.25) is 0 Å². The van der Waals surface area contributed by atoms with Gasteiger partial charge in [-0.25, -0.2) is 4.68 Å². The zero-order valence-corrected chi connectivity index (χ0v) is 10.8. The van der Waals surface area contributed by atoms with Gasteiger partial charge in [-0.2, -0.15) is 0 Å². The molecule has 0 aromatic carbocycles. The molecule has 2 rings (SSSR count). The Bertz CT molecular complexity index is 318. The van der Waals surface area contributed by atoms with Gasteiger partial charge in [0.25, 0.3) is 0 Å². The molecule has 96 valence electrons. The highest BCUT2D eigenvalue weighted by molar-refractivity contribution is 7.99. The van der Waals surface area contributed by atoms with Crippen molar-refractivity contribution in [1.82, 2.24) is 20.2 Å². The van der Waals surface area contributed by atoms with Crippen LogP contribution in [0.3, 0.4) is 0 Å². The Morgan fingerprint density at radius 1 is 1.65 bits per heavy atom. The van der Waals surface area contributed by atoms with Crippen LogP contribution < -0.4 is 0 Å². The van der Waals surface area contributed by atoms with Gasteiger partial charge in [0.1, 0.15) is 0 Å². The van der Waals surface area contributed by atoms with Gasteiger partial charge in [0, 0.05) is 11.9 Å². The van der Waals surface area contributed by atoms with Crippen LogP contribution in [0.25, 0.3) is 0 Å². The fraction of sp³-hybridized carbons (Fsp3) is 0.900. The summed E-state index contributed by atoms with van der Waals surface area (Å²) in [5, 5.41) is 21.8. The number of hydrogen-bond donors (Lipinski definition) is 1. The van der Waals surface area contributed by atoms with Gasteiger partial charge in [-0.3, -0.25) is 0 Å². The normalized spacial score (nSPS) is 21.9. The van der Waals surface area contributed by atoms with Crippen LogP contribution in [0.5, 0.6) is 0 Å². The standard InChI is InChI=1S/C10H18N4O2S/c1-2-9(7-15)17-10-11-12-13-14(10)6-8-4-3-5-16-8/h8-9,15H,2-7H2,1H3. The van der Waals surface area contributed by atoms with E-state index in [9.17, 15) is 5.11 Å². The van der Waals surface area contributed by atoms with Crippen molar-refractivity contribution in [2.75, 3.05) is 13.2 Å². The lowest BCUT2D eigenvalue weighted by Crippen LogP contribution is -2.18. The van der Waals surface area contributed by atoms with E-state index in [0.29, 0.717) is 6.54 Å². The number of aliphatic hydroxyl groups excluding tert-OH is 1. The van der Waals surface area contributed by atoms with Gasteiger partial charge < -0.3 is 9.84 Å². The minimum atomic E-state index is 0.147. The molecule has 0 saturated carbocycles. The van der Waals surface area contributed by atoms with Crippen LogP contribution in [-0.4, -0.2) is 49.9 Å². The van der Waals surface area contributed by atoms with Crippen LogP contribution in [-0.2, 0) is 11.3 Å². The van der Waals surface area contributed by atoms with Crippen LogP contribution in [0.1, 0.15) is 26.2 Å². The van der Waals surface area contributed by atoms with Gasteiger partial charge in [-0.1, -0.05) is 18.7 Å². The van der Waals surface area contributed by atoms with E-state index in [4.69, 9.17) is 4.74 Å². The number of thioether (sulfide) groups is 1. The molecule has 1 aromatic heterocycles. The fourth-order valence-corrected chi connectivity index (χ4v) is 2.63. The van der Waals surface area contributed by atoms with Crippen LogP contribution in [0.4, 0.5) is 0 Å². The predicted molar refractivity (Wildman–Crippen MR) is 63.8 cm³/mol. The van der Waals surface area contributed by atoms with Crippen molar-refractivity contribution in [2.24, 2.45) is 0 Å². The third-order valence-corrected chi connectivity index (χ3v) is 4.15. The lowest BCUT2D eigenvalue weighted by molar-refractivity contribution is 0.0911. The van der Waals surface area contributed by atoms with Crippen LogP contribution in [0, 0.1) is 0 Å². The molecule has 0 aliphatic carbocycles. The van der Waals surface area contributed by atoms with Crippen molar-refractivity contribution < 1.29 is 9.84 Å². The average Bonchev–Trinajstić information content (AvgIpc) is 2.99. The molecule has 1 fully saturated rings. The lowest BCUT2D eigenvalue weighted by Gasteiger charge is -2.12. The molecule has 0 amide bonds. The molecule has 2 atom stereocenters. The number of tetrazole rings is 1. The Morgan fingerprint density at radius 2 is 2.53 bits per heavy atom. The number of hydrogen-bond acceptors (Lipinski definition) is 6. The number of aliphatic hydroxyl groups is 1. The van der Waals surface area contributed by atoms with E-state index in [1.807, 2.05) is 6.92 Å². The van der Waals surface area contributed by atoms with E-state index in [2.05, 4.69) is 15.5 Å². The maximum atomic E-state index is 9.18. The first-order valence-corrected chi connectivity index (χ1v) is 6.86. The molecule has 0 bridgehead atoms. The van der Waals surface area contributed by atoms with E-state index < -0.39 is 0 Å². The quantitative estimate of drug-likeness (QED) is 0.758. The topological polar surface area (TPSA) is 73.1 Å². The average molecular weight is 258 g/mol. The zero-order chi connectivity index (χ0) is 12.1. The first-order chi connectivity index (χ1) is 8.33. The molecular formula is C10H18N4O2S. The Labute approximate surface area is 105 Å². The minimum absolute atomic E-state index is 0.147. The summed E-state index contributed by atoms with van der Waals surface area (Å²) in [5.41, 5.74) is 0. The molecule has 1 aliphatic heterocycles. The molecule has 7 heteroatoms. The summed E-state index contributed by atoms with van der Waals surface area (Å²) in [6.45, 7) is 3.73. The van der Waals surface area contributed by atoms with E-state index >= 15 is 0 Å². The summed E-state index contributed by atoms with van der Waals surface area (Å²) >= 11 is 1.53. The maximum Gasteiger partial charge on any atom is 0.209 e. The van der Waals surface area contributed by atoms with Gasteiger partial charge in [0.15, 0.2) is 0 Å². The van der Waals surface area contributed by atoms with Crippen LogP contribution >= 0.6 is 11.8 Å². The van der Waals surface area contributed by atoms with E-state index in [-0.39, 0.29) is 18.0 Å². The molecule has 1 aromatic rings. The Hall–Kier alpha value is -0.660. The van der Waals surface area contributed by atoms with Crippen molar-refractivity contribution in [3.05, 3.63) is 0 Å². The minimum Gasteiger partial charge on any atom is -0.395 e. The molecule has 6 nitrogen and oxygen atoms in total. The van der Waals surface area contributed by atoms with Crippen molar-refractivity contribution in [3.63, 3.8) is 0 Å². The molecule has 0 radical (unpaired) electrons. The maximum absolute atomic E-state index is 9.18. The van der Waals surface area contributed by atoms with Gasteiger partial charge in [-0.15, -0.1) is 5.10 Å². The van der Waals surface area contributed by atoms with Crippen molar-refractivity contribution in [1.29, 1.82) is 0 Å². The van der Waals surface area contributed by atoms with Gasteiger partial charge in [0.05, 0.1) is 19.3 Å². The predicted octanol–water partition coefficient (Wildman–Crippen LogP) is 0.715. The molecule has 0 spiro atoms. The Morgan fingerprint density at radius 3 is 3.18 bits per heavy atom.